The third kappa shape index (κ3) is 2.75. The molecule has 102 valence electrons. The van der Waals surface area contributed by atoms with Crippen molar-refractivity contribution in [3.05, 3.63) is 51.8 Å². The number of hydrogen-bond acceptors (Lipinski definition) is 5. The largest absolute Gasteiger partial charge is 0.373 e. The van der Waals surface area contributed by atoms with Gasteiger partial charge in [0.2, 0.25) is 0 Å². The van der Waals surface area contributed by atoms with E-state index in [9.17, 15) is 10.1 Å². The van der Waals surface area contributed by atoms with Gasteiger partial charge in [-0.2, -0.15) is 10.4 Å². The first kappa shape index (κ1) is 13.5. The average Bonchev–Trinajstić information content (AvgIpc) is 2.85. The number of nitrogens with one attached hydrogen (secondary N) is 1. The maximum atomic E-state index is 11.1. The lowest BCUT2D eigenvalue weighted by Crippen LogP contribution is -2.08. The van der Waals surface area contributed by atoms with E-state index in [2.05, 4.69) is 10.4 Å². The van der Waals surface area contributed by atoms with E-state index in [0.29, 0.717) is 5.69 Å². The Morgan fingerprint density at radius 1 is 1.55 bits per heavy atom. The summed E-state index contributed by atoms with van der Waals surface area (Å²) in [6.07, 6.45) is 3.54. The van der Waals surface area contributed by atoms with Crippen LogP contribution in [0.3, 0.4) is 0 Å². The van der Waals surface area contributed by atoms with Crippen LogP contribution in [-0.2, 0) is 7.05 Å². The van der Waals surface area contributed by atoms with E-state index in [1.807, 2.05) is 19.2 Å². The number of aromatic nitrogens is 2. The summed E-state index contributed by atoms with van der Waals surface area (Å²) in [5, 5.41) is 27.0. The molecule has 0 spiro atoms. The van der Waals surface area contributed by atoms with Gasteiger partial charge in [-0.15, -0.1) is 0 Å². The van der Waals surface area contributed by atoms with Crippen LogP contribution in [0.4, 0.5) is 11.4 Å². The fraction of sp³-hybridized carbons (Fsp3) is 0.231. The van der Waals surface area contributed by atoms with Crippen LogP contribution < -0.4 is 5.32 Å². The van der Waals surface area contributed by atoms with Crippen molar-refractivity contribution in [2.45, 2.75) is 13.0 Å². The van der Waals surface area contributed by atoms with Crippen LogP contribution in [-0.4, -0.2) is 14.7 Å². The maximum absolute atomic E-state index is 11.1. The fourth-order valence-corrected chi connectivity index (χ4v) is 1.85. The maximum Gasteiger partial charge on any atom is 0.293 e. The summed E-state index contributed by atoms with van der Waals surface area (Å²) in [4.78, 5) is 10.6. The number of benzene rings is 1. The second kappa shape index (κ2) is 5.40. The van der Waals surface area contributed by atoms with Gasteiger partial charge in [0, 0.05) is 24.9 Å². The van der Waals surface area contributed by atoms with Crippen LogP contribution in [0.1, 0.15) is 24.1 Å². The molecule has 2 aromatic rings. The summed E-state index contributed by atoms with van der Waals surface area (Å²) in [5.74, 6) is 0. The van der Waals surface area contributed by atoms with Gasteiger partial charge >= 0.3 is 0 Å². The first-order valence-corrected chi connectivity index (χ1v) is 5.95. The SMILES string of the molecule is CC(Nc1ccc(C#N)cc1[N+](=O)[O-])c1cnn(C)c1. The molecule has 7 nitrogen and oxygen atoms in total. The Balaban J connectivity index is 2.29. The molecule has 1 N–H and O–H groups in total. The average molecular weight is 271 g/mol. The fourth-order valence-electron chi connectivity index (χ4n) is 1.85. The lowest BCUT2D eigenvalue weighted by Gasteiger charge is -2.13. The minimum atomic E-state index is -0.501. The van der Waals surface area contributed by atoms with Crippen LogP contribution in [0.2, 0.25) is 0 Å². The highest BCUT2D eigenvalue weighted by Crippen LogP contribution is 2.28. The van der Waals surface area contributed by atoms with Gasteiger partial charge in [-0.05, 0) is 19.1 Å². The van der Waals surface area contributed by atoms with E-state index in [4.69, 9.17) is 5.26 Å². The minimum absolute atomic E-state index is 0.111. The molecule has 0 bridgehead atoms. The Hall–Kier alpha value is -2.88. The van der Waals surface area contributed by atoms with Crippen LogP contribution >= 0.6 is 0 Å². The van der Waals surface area contributed by atoms with Gasteiger partial charge < -0.3 is 5.32 Å². The molecular formula is C13H13N5O2. The molecule has 2 rings (SSSR count). The highest BCUT2D eigenvalue weighted by atomic mass is 16.6. The van der Waals surface area contributed by atoms with E-state index in [1.54, 1.807) is 30.1 Å². The van der Waals surface area contributed by atoms with Crippen LogP contribution in [0, 0.1) is 21.4 Å². The number of nitro groups is 1. The number of hydrogen-bond donors (Lipinski definition) is 1. The van der Waals surface area contributed by atoms with E-state index in [1.165, 1.54) is 6.07 Å². The van der Waals surface area contributed by atoms with E-state index in [0.717, 1.165) is 5.56 Å². The highest BCUT2D eigenvalue weighted by molar-refractivity contribution is 5.64. The van der Waals surface area contributed by atoms with Crippen molar-refractivity contribution in [3.8, 4) is 6.07 Å². The summed E-state index contributed by atoms with van der Waals surface area (Å²) >= 11 is 0. The van der Waals surface area contributed by atoms with Crippen molar-refractivity contribution in [1.29, 1.82) is 5.26 Å². The molecule has 0 radical (unpaired) electrons. The smallest absolute Gasteiger partial charge is 0.293 e. The molecule has 1 aromatic heterocycles. The second-order valence-corrected chi connectivity index (χ2v) is 4.41. The van der Waals surface area contributed by atoms with Gasteiger partial charge in [0.15, 0.2) is 0 Å². The summed E-state index contributed by atoms with van der Waals surface area (Å²) in [6.45, 7) is 1.89. The van der Waals surface area contributed by atoms with Crippen molar-refractivity contribution in [1.82, 2.24) is 9.78 Å². The van der Waals surface area contributed by atoms with Gasteiger partial charge in [0.25, 0.3) is 5.69 Å². The molecule has 0 aliphatic heterocycles. The highest BCUT2D eigenvalue weighted by Gasteiger charge is 2.17. The van der Waals surface area contributed by atoms with Crippen molar-refractivity contribution in [2.24, 2.45) is 7.05 Å². The van der Waals surface area contributed by atoms with Crippen molar-refractivity contribution >= 4 is 11.4 Å². The van der Waals surface area contributed by atoms with E-state index < -0.39 is 4.92 Å². The molecule has 0 saturated heterocycles. The summed E-state index contributed by atoms with van der Waals surface area (Å²) < 4.78 is 1.67. The Bertz CT molecular complexity index is 686. The monoisotopic (exact) mass is 271 g/mol. The molecule has 1 aromatic carbocycles. The first-order valence-electron chi connectivity index (χ1n) is 5.95. The molecule has 1 atom stereocenters. The van der Waals surface area contributed by atoms with E-state index >= 15 is 0 Å². The number of rotatable bonds is 4. The van der Waals surface area contributed by atoms with Crippen LogP contribution in [0.15, 0.2) is 30.6 Å². The minimum Gasteiger partial charge on any atom is -0.373 e. The first-order chi connectivity index (χ1) is 9.51. The molecule has 20 heavy (non-hydrogen) atoms. The summed E-state index contributed by atoms with van der Waals surface area (Å²) in [5.41, 5.74) is 1.45. The third-order valence-electron chi connectivity index (χ3n) is 2.92. The third-order valence-corrected chi connectivity index (χ3v) is 2.92. The normalized spacial score (nSPS) is 11.7. The molecule has 0 fully saturated rings. The molecule has 7 heteroatoms. The Morgan fingerprint density at radius 3 is 2.85 bits per heavy atom. The predicted molar refractivity (Wildman–Crippen MR) is 73.1 cm³/mol. The Morgan fingerprint density at radius 2 is 2.30 bits per heavy atom. The lowest BCUT2D eigenvalue weighted by molar-refractivity contribution is -0.384. The zero-order chi connectivity index (χ0) is 14.7. The Kier molecular flexibility index (Phi) is 3.66. The molecular weight excluding hydrogens is 258 g/mol. The quantitative estimate of drug-likeness (QED) is 0.680. The Labute approximate surface area is 115 Å². The number of nitrogens with zero attached hydrogens (tertiary/aromatic N) is 4. The number of nitro benzene ring substituents is 1. The van der Waals surface area contributed by atoms with Gasteiger partial charge in [0.1, 0.15) is 5.69 Å². The number of nitriles is 1. The molecule has 1 heterocycles. The van der Waals surface area contributed by atoms with Crippen molar-refractivity contribution in [2.75, 3.05) is 5.32 Å². The summed E-state index contributed by atoms with van der Waals surface area (Å²) in [7, 11) is 1.81. The van der Waals surface area contributed by atoms with Crippen LogP contribution in [0.25, 0.3) is 0 Å². The lowest BCUT2D eigenvalue weighted by atomic mass is 10.1. The van der Waals surface area contributed by atoms with Gasteiger partial charge in [-0.3, -0.25) is 14.8 Å². The van der Waals surface area contributed by atoms with Crippen molar-refractivity contribution < 1.29 is 4.92 Å². The zero-order valence-electron chi connectivity index (χ0n) is 11.1. The molecule has 0 aliphatic rings. The molecule has 1 unspecified atom stereocenters. The van der Waals surface area contributed by atoms with Gasteiger partial charge in [0.05, 0.1) is 28.8 Å². The van der Waals surface area contributed by atoms with Gasteiger partial charge in [-0.1, -0.05) is 0 Å². The predicted octanol–water partition coefficient (Wildman–Crippen LogP) is 2.37. The van der Waals surface area contributed by atoms with E-state index in [-0.39, 0.29) is 17.3 Å². The summed E-state index contributed by atoms with van der Waals surface area (Å²) in [6, 6.07) is 6.12. The molecule has 0 aliphatic carbocycles. The molecule has 0 amide bonds. The number of anilines is 1. The van der Waals surface area contributed by atoms with Crippen LogP contribution in [0.5, 0.6) is 0 Å². The molecule has 0 saturated carbocycles. The van der Waals surface area contributed by atoms with Gasteiger partial charge in [-0.25, -0.2) is 0 Å². The zero-order valence-corrected chi connectivity index (χ0v) is 11.1. The second-order valence-electron chi connectivity index (χ2n) is 4.41. The standard InChI is InChI=1S/C13H13N5O2/c1-9(11-7-15-17(2)8-11)16-12-4-3-10(6-14)5-13(12)18(19)20/h3-5,7-9,16H,1-2H3. The van der Waals surface area contributed by atoms with Crippen molar-refractivity contribution in [3.63, 3.8) is 0 Å². The number of aryl methyl sites for hydroxylation is 1. The topological polar surface area (TPSA) is 96.8 Å².